The zero-order chi connectivity index (χ0) is 9.10. The standard InChI is InChI=1S/C11H22N2/c12-9-11-6-8-13(11)7-5-10-3-1-2-4-10/h10-11H,1-9,12H2. The molecular formula is C11H22N2. The molecule has 1 aliphatic carbocycles. The van der Waals surface area contributed by atoms with Crippen LogP contribution in [0, 0.1) is 5.92 Å². The predicted octanol–water partition coefficient (Wildman–Crippen LogP) is 1.60. The molecule has 13 heavy (non-hydrogen) atoms. The van der Waals surface area contributed by atoms with Gasteiger partial charge in [0.2, 0.25) is 0 Å². The van der Waals surface area contributed by atoms with Gasteiger partial charge in [0.25, 0.3) is 0 Å². The highest BCUT2D eigenvalue weighted by Gasteiger charge is 2.26. The maximum atomic E-state index is 5.67. The molecule has 0 aromatic carbocycles. The summed E-state index contributed by atoms with van der Waals surface area (Å²) in [6, 6.07) is 0.724. The van der Waals surface area contributed by atoms with Crippen LogP contribution < -0.4 is 5.73 Å². The quantitative estimate of drug-likeness (QED) is 0.715. The smallest absolute Gasteiger partial charge is 0.0230 e. The van der Waals surface area contributed by atoms with Crippen LogP contribution >= 0.6 is 0 Å². The molecule has 1 aliphatic heterocycles. The number of rotatable bonds is 4. The fraction of sp³-hybridized carbons (Fsp3) is 1.00. The molecule has 0 radical (unpaired) electrons. The molecule has 0 bridgehead atoms. The van der Waals surface area contributed by atoms with Crippen molar-refractivity contribution in [2.75, 3.05) is 19.6 Å². The Morgan fingerprint density at radius 3 is 2.46 bits per heavy atom. The monoisotopic (exact) mass is 182 g/mol. The van der Waals surface area contributed by atoms with Gasteiger partial charge in [-0.05, 0) is 25.3 Å². The molecule has 2 rings (SSSR count). The lowest BCUT2D eigenvalue weighted by atomic mass is 9.99. The van der Waals surface area contributed by atoms with Crippen molar-refractivity contribution in [1.82, 2.24) is 4.90 Å². The van der Waals surface area contributed by atoms with Gasteiger partial charge >= 0.3 is 0 Å². The van der Waals surface area contributed by atoms with Gasteiger partial charge in [-0.2, -0.15) is 0 Å². The van der Waals surface area contributed by atoms with E-state index in [2.05, 4.69) is 4.90 Å². The van der Waals surface area contributed by atoms with Gasteiger partial charge in [0.1, 0.15) is 0 Å². The van der Waals surface area contributed by atoms with Gasteiger partial charge in [-0.1, -0.05) is 25.7 Å². The maximum Gasteiger partial charge on any atom is 0.0230 e. The van der Waals surface area contributed by atoms with Gasteiger partial charge in [-0.3, -0.25) is 4.90 Å². The number of hydrogen-bond acceptors (Lipinski definition) is 2. The van der Waals surface area contributed by atoms with Gasteiger partial charge in [0, 0.05) is 19.1 Å². The first-order chi connectivity index (χ1) is 6.40. The molecule has 1 saturated heterocycles. The fourth-order valence-electron chi connectivity index (χ4n) is 2.70. The van der Waals surface area contributed by atoms with Crippen LogP contribution in [0.4, 0.5) is 0 Å². The zero-order valence-corrected chi connectivity index (χ0v) is 8.54. The minimum absolute atomic E-state index is 0.724. The number of nitrogens with two attached hydrogens (primary N) is 1. The highest BCUT2D eigenvalue weighted by Crippen LogP contribution is 2.28. The summed E-state index contributed by atoms with van der Waals surface area (Å²) in [5, 5.41) is 0. The van der Waals surface area contributed by atoms with E-state index in [0.29, 0.717) is 0 Å². The molecule has 1 atom stereocenters. The Balaban J connectivity index is 1.61. The normalized spacial score (nSPS) is 30.7. The molecule has 0 amide bonds. The average Bonchev–Trinajstić information content (AvgIpc) is 2.56. The molecule has 2 aliphatic rings. The van der Waals surface area contributed by atoms with E-state index >= 15 is 0 Å². The molecule has 0 aromatic rings. The average molecular weight is 182 g/mol. The third kappa shape index (κ3) is 2.23. The lowest BCUT2D eigenvalue weighted by molar-refractivity contribution is 0.0894. The Kier molecular flexibility index (Phi) is 3.23. The molecule has 76 valence electrons. The zero-order valence-electron chi connectivity index (χ0n) is 8.54. The van der Waals surface area contributed by atoms with E-state index in [-0.39, 0.29) is 0 Å². The van der Waals surface area contributed by atoms with Gasteiger partial charge in [-0.15, -0.1) is 0 Å². The predicted molar refractivity (Wildman–Crippen MR) is 55.6 cm³/mol. The van der Waals surface area contributed by atoms with E-state index in [1.165, 1.54) is 51.6 Å². The van der Waals surface area contributed by atoms with Crippen LogP contribution in [0.5, 0.6) is 0 Å². The van der Waals surface area contributed by atoms with Crippen molar-refractivity contribution in [2.45, 2.75) is 44.6 Å². The number of nitrogens with zero attached hydrogens (tertiary/aromatic N) is 1. The molecule has 0 spiro atoms. The van der Waals surface area contributed by atoms with Crippen molar-refractivity contribution in [1.29, 1.82) is 0 Å². The number of likely N-dealkylation sites (tertiary alicyclic amines) is 1. The Bertz CT molecular complexity index is 150. The first kappa shape index (κ1) is 9.47. The maximum absolute atomic E-state index is 5.67. The second-order valence-electron chi connectivity index (χ2n) is 4.65. The van der Waals surface area contributed by atoms with Crippen molar-refractivity contribution in [3.05, 3.63) is 0 Å². The molecule has 1 unspecified atom stereocenters. The van der Waals surface area contributed by atoms with Gasteiger partial charge in [-0.25, -0.2) is 0 Å². The molecule has 2 nitrogen and oxygen atoms in total. The van der Waals surface area contributed by atoms with E-state index in [9.17, 15) is 0 Å². The van der Waals surface area contributed by atoms with E-state index in [1.807, 2.05) is 0 Å². The van der Waals surface area contributed by atoms with Crippen molar-refractivity contribution in [2.24, 2.45) is 11.7 Å². The summed E-state index contributed by atoms with van der Waals surface area (Å²) in [5.41, 5.74) is 5.67. The van der Waals surface area contributed by atoms with Crippen LogP contribution in [-0.2, 0) is 0 Å². The Morgan fingerprint density at radius 2 is 1.92 bits per heavy atom. The van der Waals surface area contributed by atoms with E-state index < -0.39 is 0 Å². The fourth-order valence-corrected chi connectivity index (χ4v) is 2.70. The van der Waals surface area contributed by atoms with Gasteiger partial charge < -0.3 is 5.73 Å². The Hall–Kier alpha value is -0.0800. The van der Waals surface area contributed by atoms with E-state index in [1.54, 1.807) is 0 Å². The molecule has 0 aromatic heterocycles. The Labute approximate surface area is 81.5 Å². The minimum Gasteiger partial charge on any atom is -0.329 e. The highest BCUT2D eigenvalue weighted by atomic mass is 15.2. The van der Waals surface area contributed by atoms with E-state index in [4.69, 9.17) is 5.73 Å². The van der Waals surface area contributed by atoms with Crippen molar-refractivity contribution >= 4 is 0 Å². The lowest BCUT2D eigenvalue weighted by Crippen LogP contribution is -2.52. The summed E-state index contributed by atoms with van der Waals surface area (Å²) < 4.78 is 0. The van der Waals surface area contributed by atoms with Crippen LogP contribution in [-0.4, -0.2) is 30.6 Å². The van der Waals surface area contributed by atoms with Crippen molar-refractivity contribution in [3.8, 4) is 0 Å². The minimum atomic E-state index is 0.724. The molecule has 2 fully saturated rings. The summed E-state index contributed by atoms with van der Waals surface area (Å²) in [7, 11) is 0. The Morgan fingerprint density at radius 1 is 1.15 bits per heavy atom. The van der Waals surface area contributed by atoms with E-state index in [0.717, 1.165) is 18.5 Å². The summed E-state index contributed by atoms with van der Waals surface area (Å²) in [5.74, 6) is 1.04. The summed E-state index contributed by atoms with van der Waals surface area (Å²) in [6.45, 7) is 3.48. The second-order valence-corrected chi connectivity index (χ2v) is 4.65. The molecule has 1 heterocycles. The topological polar surface area (TPSA) is 29.3 Å². The third-order valence-electron chi connectivity index (χ3n) is 3.84. The van der Waals surface area contributed by atoms with Crippen LogP contribution in [0.15, 0.2) is 0 Å². The molecule has 2 heteroatoms. The van der Waals surface area contributed by atoms with Gasteiger partial charge in [0.15, 0.2) is 0 Å². The summed E-state index contributed by atoms with van der Waals surface area (Å²) >= 11 is 0. The first-order valence-electron chi connectivity index (χ1n) is 5.84. The number of hydrogen-bond donors (Lipinski definition) is 1. The van der Waals surface area contributed by atoms with Crippen molar-refractivity contribution < 1.29 is 0 Å². The van der Waals surface area contributed by atoms with Crippen LogP contribution in [0.25, 0.3) is 0 Å². The van der Waals surface area contributed by atoms with Crippen LogP contribution in [0.1, 0.15) is 38.5 Å². The molecule has 1 saturated carbocycles. The second kappa shape index (κ2) is 4.43. The van der Waals surface area contributed by atoms with Crippen molar-refractivity contribution in [3.63, 3.8) is 0 Å². The SMILES string of the molecule is NCC1CCN1CCC1CCCC1. The molecular weight excluding hydrogens is 160 g/mol. The lowest BCUT2D eigenvalue weighted by Gasteiger charge is -2.40. The summed E-state index contributed by atoms with van der Waals surface area (Å²) in [6.07, 6.45) is 8.69. The van der Waals surface area contributed by atoms with Crippen LogP contribution in [0.2, 0.25) is 0 Å². The third-order valence-corrected chi connectivity index (χ3v) is 3.84. The van der Waals surface area contributed by atoms with Crippen LogP contribution in [0.3, 0.4) is 0 Å². The first-order valence-corrected chi connectivity index (χ1v) is 5.84. The summed E-state index contributed by atoms with van der Waals surface area (Å²) in [4.78, 5) is 2.57. The van der Waals surface area contributed by atoms with Gasteiger partial charge in [0.05, 0.1) is 0 Å². The molecule has 2 N–H and O–H groups in total. The largest absolute Gasteiger partial charge is 0.329 e. The highest BCUT2D eigenvalue weighted by molar-refractivity contribution is 4.83.